The molecule has 1 aromatic carbocycles. The Morgan fingerprint density at radius 1 is 1.35 bits per heavy atom. The summed E-state index contributed by atoms with van der Waals surface area (Å²) in [6.45, 7) is 2.78. The second kappa shape index (κ2) is 6.48. The molecular formula is C18H19NO4. The van der Waals surface area contributed by atoms with Crippen molar-refractivity contribution < 1.29 is 19.4 Å². The molecule has 1 fully saturated rings. The second-order valence-electron chi connectivity index (χ2n) is 5.54. The van der Waals surface area contributed by atoms with E-state index in [9.17, 15) is 9.90 Å². The van der Waals surface area contributed by atoms with Crippen molar-refractivity contribution in [1.82, 2.24) is 4.98 Å². The van der Waals surface area contributed by atoms with Crippen LogP contribution in [0.15, 0.2) is 36.4 Å². The predicted octanol–water partition coefficient (Wildman–Crippen LogP) is 2.68. The molecule has 1 N–H and O–H groups in total. The summed E-state index contributed by atoms with van der Waals surface area (Å²) in [5, 5.41) is 10.5. The van der Waals surface area contributed by atoms with Crippen LogP contribution >= 0.6 is 0 Å². The number of aryl methyl sites for hydroxylation is 1. The lowest BCUT2D eigenvalue weighted by atomic mass is 10.0. The number of hydrogen-bond donors (Lipinski definition) is 1. The average Bonchev–Trinajstić information content (AvgIpc) is 2.60. The van der Waals surface area contributed by atoms with E-state index in [0.29, 0.717) is 6.61 Å². The van der Waals surface area contributed by atoms with Crippen molar-refractivity contribution in [2.45, 2.75) is 18.9 Å². The first-order chi connectivity index (χ1) is 11.1. The number of carboxylic acid groups (broad SMARTS) is 1. The number of aromatic nitrogens is 1. The number of pyridine rings is 1. The van der Waals surface area contributed by atoms with Crippen molar-refractivity contribution in [3.8, 4) is 0 Å². The molecule has 0 bridgehead atoms. The number of fused-ring (bicyclic) bond motifs is 1. The lowest BCUT2D eigenvalue weighted by Crippen LogP contribution is -2.48. The lowest BCUT2D eigenvalue weighted by molar-refractivity contribution is -0.181. The number of hydrogen-bond acceptors (Lipinski definition) is 4. The fourth-order valence-electron chi connectivity index (χ4n) is 2.55. The summed E-state index contributed by atoms with van der Waals surface area (Å²) in [7, 11) is 0. The fraction of sp³-hybridized carbons (Fsp3) is 0.333. The molecule has 2 heterocycles. The van der Waals surface area contributed by atoms with Gasteiger partial charge < -0.3 is 14.6 Å². The van der Waals surface area contributed by atoms with Crippen molar-refractivity contribution >= 4 is 22.9 Å². The van der Waals surface area contributed by atoms with Crippen LogP contribution < -0.4 is 0 Å². The molecule has 1 aliphatic rings. The fourth-order valence-corrected chi connectivity index (χ4v) is 2.55. The molecule has 5 nitrogen and oxygen atoms in total. The molecule has 0 saturated carbocycles. The zero-order chi connectivity index (χ0) is 16.3. The van der Waals surface area contributed by atoms with Gasteiger partial charge in [0, 0.05) is 11.1 Å². The van der Waals surface area contributed by atoms with Crippen LogP contribution in [0.4, 0.5) is 0 Å². The normalized spacial score (nSPS) is 21.8. The Kier molecular flexibility index (Phi) is 4.41. The molecule has 5 heteroatoms. The van der Waals surface area contributed by atoms with Crippen LogP contribution in [0.3, 0.4) is 0 Å². The number of rotatable bonds is 4. The summed E-state index contributed by atoms with van der Waals surface area (Å²) in [5.41, 5.74) is 1.40. The van der Waals surface area contributed by atoms with E-state index in [4.69, 9.17) is 9.47 Å². The second-order valence-corrected chi connectivity index (χ2v) is 5.54. The monoisotopic (exact) mass is 313 g/mol. The Morgan fingerprint density at radius 3 is 2.87 bits per heavy atom. The molecule has 1 aromatic heterocycles. The third-order valence-electron chi connectivity index (χ3n) is 3.95. The summed E-state index contributed by atoms with van der Waals surface area (Å²) in [6.07, 6.45) is 4.19. The highest BCUT2D eigenvalue weighted by Crippen LogP contribution is 2.22. The number of ether oxygens (including phenoxy) is 2. The maximum atomic E-state index is 11.5. The largest absolute Gasteiger partial charge is 0.479 e. The zero-order valence-corrected chi connectivity index (χ0v) is 13.0. The topological polar surface area (TPSA) is 68.7 Å². The van der Waals surface area contributed by atoms with Gasteiger partial charge in [-0.25, -0.2) is 4.79 Å². The minimum absolute atomic E-state index is 0.0185. The molecule has 1 saturated heterocycles. The van der Waals surface area contributed by atoms with Gasteiger partial charge in [0.15, 0.2) is 0 Å². The Balaban J connectivity index is 1.91. The number of nitrogens with zero attached hydrogens (tertiary/aromatic N) is 1. The molecule has 1 unspecified atom stereocenters. The van der Waals surface area contributed by atoms with Crippen molar-refractivity contribution in [3.05, 3.63) is 47.7 Å². The Bertz CT molecular complexity index is 748. The number of benzene rings is 1. The van der Waals surface area contributed by atoms with Gasteiger partial charge in [0.1, 0.15) is 0 Å². The summed E-state index contributed by atoms with van der Waals surface area (Å²) in [4.78, 5) is 16.1. The molecule has 1 aliphatic heterocycles. The standard InChI is InChI=1S/C18H19NO4/c1-2-15-6-5-14-4-3-13(11-16(14)19-15)7-8-18(17(20)21)12-22-9-10-23-18/h3-8,11H,2,9-10,12H2,1H3,(H,20,21)/b8-7+. The highest BCUT2D eigenvalue weighted by atomic mass is 16.6. The third-order valence-corrected chi connectivity index (χ3v) is 3.95. The van der Waals surface area contributed by atoms with Crippen LogP contribution in [0.2, 0.25) is 0 Å². The lowest BCUT2D eigenvalue weighted by Gasteiger charge is -2.30. The van der Waals surface area contributed by atoms with E-state index in [0.717, 1.165) is 28.6 Å². The van der Waals surface area contributed by atoms with Crippen LogP contribution in [0.5, 0.6) is 0 Å². The third kappa shape index (κ3) is 3.25. The summed E-state index contributed by atoms with van der Waals surface area (Å²) in [5.74, 6) is -1.04. The van der Waals surface area contributed by atoms with Crippen molar-refractivity contribution in [2.24, 2.45) is 0 Å². The van der Waals surface area contributed by atoms with Crippen LogP contribution in [0.1, 0.15) is 18.2 Å². The average molecular weight is 313 g/mol. The molecule has 120 valence electrons. The Labute approximate surface area is 134 Å². The number of carboxylic acids is 1. The Hall–Kier alpha value is -2.24. The minimum Gasteiger partial charge on any atom is -0.479 e. The maximum Gasteiger partial charge on any atom is 0.342 e. The predicted molar refractivity (Wildman–Crippen MR) is 87.3 cm³/mol. The zero-order valence-electron chi connectivity index (χ0n) is 13.0. The molecule has 2 aromatic rings. The molecule has 0 radical (unpaired) electrons. The molecule has 1 atom stereocenters. The van der Waals surface area contributed by atoms with Crippen molar-refractivity contribution in [1.29, 1.82) is 0 Å². The van der Waals surface area contributed by atoms with Crippen molar-refractivity contribution in [2.75, 3.05) is 19.8 Å². The van der Waals surface area contributed by atoms with Gasteiger partial charge >= 0.3 is 5.97 Å². The smallest absolute Gasteiger partial charge is 0.342 e. The molecule has 23 heavy (non-hydrogen) atoms. The van der Waals surface area contributed by atoms with E-state index < -0.39 is 11.6 Å². The molecule has 3 rings (SSSR count). The van der Waals surface area contributed by atoms with E-state index in [1.54, 1.807) is 12.2 Å². The molecular weight excluding hydrogens is 294 g/mol. The number of carbonyl (C=O) groups is 1. The van der Waals surface area contributed by atoms with Crippen LogP contribution in [-0.4, -0.2) is 41.5 Å². The maximum absolute atomic E-state index is 11.5. The molecule has 0 amide bonds. The highest BCUT2D eigenvalue weighted by molar-refractivity contribution is 5.84. The van der Waals surface area contributed by atoms with Gasteiger partial charge in [-0.15, -0.1) is 0 Å². The van der Waals surface area contributed by atoms with E-state index in [1.165, 1.54) is 0 Å². The van der Waals surface area contributed by atoms with Gasteiger partial charge in [-0.2, -0.15) is 0 Å². The molecule has 0 aliphatic carbocycles. The Morgan fingerprint density at radius 2 is 2.17 bits per heavy atom. The molecule has 0 spiro atoms. The van der Waals surface area contributed by atoms with Gasteiger partial charge in [0.2, 0.25) is 5.60 Å². The van der Waals surface area contributed by atoms with E-state index in [1.807, 2.05) is 30.3 Å². The van der Waals surface area contributed by atoms with Crippen LogP contribution in [0.25, 0.3) is 17.0 Å². The highest BCUT2D eigenvalue weighted by Gasteiger charge is 2.39. The number of aliphatic carboxylic acids is 1. The van der Waals surface area contributed by atoms with E-state index in [2.05, 4.69) is 11.9 Å². The minimum atomic E-state index is -1.41. The van der Waals surface area contributed by atoms with Gasteiger partial charge in [-0.1, -0.05) is 31.2 Å². The van der Waals surface area contributed by atoms with Gasteiger partial charge in [-0.3, -0.25) is 4.98 Å². The first-order valence-electron chi connectivity index (χ1n) is 7.67. The summed E-state index contributed by atoms with van der Waals surface area (Å²) >= 11 is 0. The summed E-state index contributed by atoms with van der Waals surface area (Å²) in [6, 6.07) is 9.93. The first-order valence-corrected chi connectivity index (χ1v) is 7.67. The van der Waals surface area contributed by atoms with Gasteiger partial charge in [0.25, 0.3) is 0 Å². The van der Waals surface area contributed by atoms with Crippen molar-refractivity contribution in [3.63, 3.8) is 0 Å². The van der Waals surface area contributed by atoms with E-state index >= 15 is 0 Å². The quantitative estimate of drug-likeness (QED) is 0.940. The SMILES string of the molecule is CCc1ccc2ccc(/C=C/C3(C(=O)O)COCCO3)cc2n1. The summed E-state index contributed by atoms with van der Waals surface area (Å²) < 4.78 is 10.7. The van der Waals surface area contributed by atoms with Crippen LogP contribution in [-0.2, 0) is 20.7 Å². The van der Waals surface area contributed by atoms with Gasteiger partial charge in [-0.05, 0) is 30.2 Å². The van der Waals surface area contributed by atoms with Gasteiger partial charge in [0.05, 0.1) is 25.3 Å². The first kappa shape index (κ1) is 15.6. The van der Waals surface area contributed by atoms with E-state index in [-0.39, 0.29) is 13.2 Å². The van der Waals surface area contributed by atoms with Crippen LogP contribution in [0, 0.1) is 0 Å².